The zero-order chi connectivity index (χ0) is 12.9. The molecule has 1 fully saturated rings. The number of likely N-dealkylation sites (tertiary alicyclic amines) is 1. The maximum atomic E-state index is 11.8. The van der Waals surface area contributed by atoms with E-state index < -0.39 is 10.0 Å². The molecule has 1 aliphatic heterocycles. The molecule has 100 valence electrons. The number of nitrogens with zero attached hydrogens (tertiary/aromatic N) is 1. The van der Waals surface area contributed by atoms with Gasteiger partial charge in [0.05, 0.1) is 6.26 Å². The highest BCUT2D eigenvalue weighted by Crippen LogP contribution is 2.16. The van der Waals surface area contributed by atoms with Gasteiger partial charge in [-0.1, -0.05) is 0 Å². The van der Waals surface area contributed by atoms with Crippen molar-refractivity contribution in [3.05, 3.63) is 0 Å². The van der Waals surface area contributed by atoms with Crippen molar-refractivity contribution >= 4 is 16.1 Å². The summed E-state index contributed by atoms with van der Waals surface area (Å²) in [7, 11) is -3.19. The lowest BCUT2D eigenvalue weighted by molar-refractivity contribution is 0.152. The smallest absolute Gasteiger partial charge is 0.317 e. The quantitative estimate of drug-likeness (QED) is 0.756. The lowest BCUT2D eigenvalue weighted by Crippen LogP contribution is -2.52. The van der Waals surface area contributed by atoms with E-state index in [9.17, 15) is 13.2 Å². The second-order valence-electron chi connectivity index (χ2n) is 4.30. The Kier molecular flexibility index (Phi) is 5.20. The Bertz CT molecular complexity index is 356. The molecule has 0 bridgehead atoms. The van der Waals surface area contributed by atoms with E-state index in [0.29, 0.717) is 19.6 Å². The largest absolute Gasteiger partial charge is 0.338 e. The van der Waals surface area contributed by atoms with Crippen LogP contribution < -0.4 is 10.0 Å². The van der Waals surface area contributed by atoms with Gasteiger partial charge in [-0.25, -0.2) is 17.9 Å². The number of amides is 2. The van der Waals surface area contributed by atoms with Gasteiger partial charge in [0.15, 0.2) is 0 Å². The van der Waals surface area contributed by atoms with Crippen LogP contribution in [0.5, 0.6) is 0 Å². The molecule has 2 N–H and O–H groups in total. The molecule has 2 amide bonds. The van der Waals surface area contributed by atoms with Gasteiger partial charge in [0.1, 0.15) is 0 Å². The minimum absolute atomic E-state index is 0.0370. The molecule has 1 atom stereocenters. The van der Waals surface area contributed by atoms with Crippen LogP contribution in [0.4, 0.5) is 4.79 Å². The minimum Gasteiger partial charge on any atom is -0.338 e. The van der Waals surface area contributed by atoms with Crippen molar-refractivity contribution in [1.82, 2.24) is 14.9 Å². The zero-order valence-corrected chi connectivity index (χ0v) is 11.2. The van der Waals surface area contributed by atoms with Crippen molar-refractivity contribution in [2.75, 3.05) is 25.9 Å². The summed E-state index contributed by atoms with van der Waals surface area (Å²) in [6, 6.07) is -0.141. The van der Waals surface area contributed by atoms with Crippen LogP contribution >= 0.6 is 0 Å². The summed E-state index contributed by atoms with van der Waals surface area (Å²) >= 11 is 0. The molecule has 1 saturated heterocycles. The molecular formula is C10H21N3O3S. The number of hydrogen-bond donors (Lipinski definition) is 2. The Hall–Kier alpha value is -0.820. The van der Waals surface area contributed by atoms with Crippen LogP contribution in [0.15, 0.2) is 0 Å². The van der Waals surface area contributed by atoms with Crippen molar-refractivity contribution in [3.63, 3.8) is 0 Å². The Morgan fingerprint density at radius 2 is 2.12 bits per heavy atom. The summed E-state index contributed by atoms with van der Waals surface area (Å²) < 4.78 is 24.6. The van der Waals surface area contributed by atoms with Gasteiger partial charge >= 0.3 is 6.03 Å². The first-order valence-corrected chi connectivity index (χ1v) is 7.82. The van der Waals surface area contributed by atoms with Crippen LogP contribution in [-0.2, 0) is 10.0 Å². The SMILES string of the molecule is CCNC(=O)N1CCCC[C@@H]1CNS(C)(=O)=O. The number of carbonyl (C=O) groups is 1. The van der Waals surface area contributed by atoms with Gasteiger partial charge in [-0.05, 0) is 26.2 Å². The van der Waals surface area contributed by atoms with E-state index in [-0.39, 0.29) is 12.1 Å². The van der Waals surface area contributed by atoms with Gasteiger partial charge in [0.25, 0.3) is 0 Å². The number of hydrogen-bond acceptors (Lipinski definition) is 3. The third kappa shape index (κ3) is 4.91. The Balaban J connectivity index is 2.56. The first-order chi connectivity index (χ1) is 7.94. The lowest BCUT2D eigenvalue weighted by Gasteiger charge is -2.35. The molecule has 0 aromatic heterocycles. The second kappa shape index (κ2) is 6.20. The van der Waals surface area contributed by atoms with Crippen molar-refractivity contribution in [3.8, 4) is 0 Å². The molecule has 1 rings (SSSR count). The number of piperidine rings is 1. The number of urea groups is 1. The summed E-state index contributed by atoms with van der Waals surface area (Å²) in [6.07, 6.45) is 3.99. The molecule has 6 nitrogen and oxygen atoms in total. The summed E-state index contributed by atoms with van der Waals surface area (Å²) in [6.45, 7) is 3.45. The van der Waals surface area contributed by atoms with Crippen LogP contribution in [0, 0.1) is 0 Å². The molecule has 1 heterocycles. The van der Waals surface area contributed by atoms with Gasteiger partial charge in [-0.2, -0.15) is 0 Å². The molecule has 7 heteroatoms. The molecule has 0 aromatic carbocycles. The van der Waals surface area contributed by atoms with Crippen LogP contribution in [0.3, 0.4) is 0 Å². The van der Waals surface area contributed by atoms with Gasteiger partial charge < -0.3 is 10.2 Å². The zero-order valence-electron chi connectivity index (χ0n) is 10.4. The summed E-state index contributed by atoms with van der Waals surface area (Å²) in [4.78, 5) is 13.5. The second-order valence-corrected chi connectivity index (χ2v) is 6.13. The Labute approximate surface area is 103 Å². The number of carbonyl (C=O) groups excluding carboxylic acids is 1. The highest BCUT2D eigenvalue weighted by Gasteiger charge is 2.26. The van der Waals surface area contributed by atoms with E-state index in [1.807, 2.05) is 6.92 Å². The van der Waals surface area contributed by atoms with E-state index in [1.54, 1.807) is 4.90 Å². The first kappa shape index (κ1) is 14.2. The molecule has 0 radical (unpaired) electrons. The predicted molar refractivity (Wildman–Crippen MR) is 66.3 cm³/mol. The van der Waals surface area contributed by atoms with Crippen molar-refractivity contribution in [2.45, 2.75) is 32.2 Å². The standard InChI is InChI=1S/C10H21N3O3S/c1-3-11-10(14)13-7-5-4-6-9(13)8-12-17(2,15)16/h9,12H,3-8H2,1-2H3,(H,11,14)/t9-/m1/s1. The van der Waals surface area contributed by atoms with E-state index in [4.69, 9.17) is 0 Å². The van der Waals surface area contributed by atoms with Crippen LogP contribution in [0.1, 0.15) is 26.2 Å². The van der Waals surface area contributed by atoms with Crippen LogP contribution in [-0.4, -0.2) is 51.3 Å². The minimum atomic E-state index is -3.19. The van der Waals surface area contributed by atoms with Gasteiger partial charge in [0.2, 0.25) is 10.0 Å². The molecule has 0 unspecified atom stereocenters. The van der Waals surface area contributed by atoms with Crippen LogP contribution in [0.25, 0.3) is 0 Å². The predicted octanol–water partition coefficient (Wildman–Crippen LogP) is 0.120. The molecule has 0 saturated carbocycles. The molecule has 1 aliphatic rings. The Morgan fingerprint density at radius 3 is 2.71 bits per heavy atom. The average molecular weight is 263 g/mol. The normalized spacial score (nSPS) is 21.3. The third-order valence-electron chi connectivity index (χ3n) is 2.80. The monoisotopic (exact) mass is 263 g/mol. The van der Waals surface area contributed by atoms with Gasteiger partial charge in [-0.3, -0.25) is 0 Å². The average Bonchev–Trinajstić information content (AvgIpc) is 2.26. The fourth-order valence-electron chi connectivity index (χ4n) is 1.98. The highest BCUT2D eigenvalue weighted by atomic mass is 32.2. The summed E-state index contributed by atoms with van der Waals surface area (Å²) in [5, 5.41) is 2.75. The molecule has 0 aromatic rings. The van der Waals surface area contributed by atoms with E-state index in [1.165, 1.54) is 0 Å². The van der Waals surface area contributed by atoms with E-state index in [2.05, 4.69) is 10.0 Å². The summed E-state index contributed by atoms with van der Waals surface area (Å²) in [5.41, 5.74) is 0. The lowest BCUT2D eigenvalue weighted by atomic mass is 10.0. The molecular weight excluding hydrogens is 242 g/mol. The van der Waals surface area contributed by atoms with E-state index >= 15 is 0 Å². The molecule has 17 heavy (non-hydrogen) atoms. The van der Waals surface area contributed by atoms with Crippen molar-refractivity contribution < 1.29 is 13.2 Å². The highest BCUT2D eigenvalue weighted by molar-refractivity contribution is 7.88. The van der Waals surface area contributed by atoms with E-state index in [0.717, 1.165) is 25.5 Å². The fraction of sp³-hybridized carbons (Fsp3) is 0.900. The topological polar surface area (TPSA) is 78.5 Å². The van der Waals surface area contributed by atoms with Crippen LogP contribution in [0.2, 0.25) is 0 Å². The van der Waals surface area contributed by atoms with Crippen molar-refractivity contribution in [1.29, 1.82) is 0 Å². The van der Waals surface area contributed by atoms with Crippen molar-refractivity contribution in [2.24, 2.45) is 0 Å². The number of rotatable bonds is 4. The van der Waals surface area contributed by atoms with Gasteiger partial charge in [0, 0.05) is 25.7 Å². The molecule has 0 spiro atoms. The number of sulfonamides is 1. The first-order valence-electron chi connectivity index (χ1n) is 5.93. The molecule has 0 aliphatic carbocycles. The maximum Gasteiger partial charge on any atom is 0.317 e. The third-order valence-corrected chi connectivity index (χ3v) is 3.49. The fourth-order valence-corrected chi connectivity index (χ4v) is 2.48. The maximum absolute atomic E-state index is 11.8. The number of nitrogens with one attached hydrogen (secondary N) is 2. The Morgan fingerprint density at radius 1 is 1.41 bits per heavy atom. The summed E-state index contributed by atoms with van der Waals surface area (Å²) in [5.74, 6) is 0. The van der Waals surface area contributed by atoms with Gasteiger partial charge in [-0.15, -0.1) is 0 Å².